The zero-order valence-electron chi connectivity index (χ0n) is 18.4. The van der Waals surface area contributed by atoms with Gasteiger partial charge >= 0.3 is 12.1 Å². The largest absolute Gasteiger partial charge is 0.493 e. The quantitative estimate of drug-likeness (QED) is 0.672. The zero-order valence-corrected chi connectivity index (χ0v) is 18.4. The Morgan fingerprint density at radius 3 is 2.30 bits per heavy atom. The number of hydrogen-bond acceptors (Lipinski definition) is 7. The molecule has 1 fully saturated rings. The van der Waals surface area contributed by atoms with Crippen LogP contribution in [0.1, 0.15) is 38.1 Å². The Balaban J connectivity index is 2.26. The van der Waals surface area contributed by atoms with Gasteiger partial charge in [0.25, 0.3) is 5.91 Å². The summed E-state index contributed by atoms with van der Waals surface area (Å²) < 4.78 is 21.0. The van der Waals surface area contributed by atoms with Gasteiger partial charge in [0.05, 0.1) is 27.4 Å². The maximum atomic E-state index is 13.2. The van der Waals surface area contributed by atoms with Crippen LogP contribution in [0.4, 0.5) is 4.79 Å². The molecule has 9 nitrogen and oxygen atoms in total. The van der Waals surface area contributed by atoms with Crippen LogP contribution in [0.25, 0.3) is 0 Å². The first-order valence-electron chi connectivity index (χ1n) is 9.78. The van der Waals surface area contributed by atoms with Gasteiger partial charge in [-0.2, -0.15) is 0 Å². The van der Waals surface area contributed by atoms with Crippen molar-refractivity contribution in [1.82, 2.24) is 9.80 Å². The molecule has 1 saturated heterocycles. The second-order valence-corrected chi connectivity index (χ2v) is 7.76. The smallest absolute Gasteiger partial charge is 0.410 e. The molecule has 0 bridgehead atoms. The second-order valence-electron chi connectivity index (χ2n) is 7.76. The maximum Gasteiger partial charge on any atom is 0.410 e. The lowest BCUT2D eigenvalue weighted by atomic mass is 10.1. The lowest BCUT2D eigenvalue weighted by molar-refractivity contribution is -0.150. The van der Waals surface area contributed by atoms with E-state index in [0.717, 1.165) is 0 Å². The van der Waals surface area contributed by atoms with Crippen LogP contribution in [-0.4, -0.2) is 79.9 Å². The Bertz CT molecular complexity index is 788. The summed E-state index contributed by atoms with van der Waals surface area (Å²) in [6, 6.07) is 3.85. The number of nitrogens with zero attached hydrogens (tertiary/aromatic N) is 2. The lowest BCUT2D eigenvalue weighted by Gasteiger charge is -2.40. The van der Waals surface area contributed by atoms with Crippen molar-refractivity contribution in [3.8, 4) is 11.5 Å². The summed E-state index contributed by atoms with van der Waals surface area (Å²) in [7, 11) is 2.99. The zero-order chi connectivity index (χ0) is 22.5. The van der Waals surface area contributed by atoms with E-state index in [-0.39, 0.29) is 32.1 Å². The van der Waals surface area contributed by atoms with E-state index >= 15 is 0 Å². The molecule has 0 spiro atoms. The van der Waals surface area contributed by atoms with Crippen molar-refractivity contribution in [3.05, 3.63) is 23.8 Å². The molecule has 0 saturated carbocycles. The van der Waals surface area contributed by atoms with Gasteiger partial charge in [0.2, 0.25) is 0 Å². The summed E-state index contributed by atoms with van der Waals surface area (Å²) in [5.74, 6) is -0.0356. The molecule has 1 atom stereocenters. The summed E-state index contributed by atoms with van der Waals surface area (Å²) in [5.41, 5.74) is -0.323. The fourth-order valence-electron chi connectivity index (χ4n) is 3.09. The first kappa shape index (κ1) is 23.3. The van der Waals surface area contributed by atoms with Gasteiger partial charge in [0, 0.05) is 18.7 Å². The van der Waals surface area contributed by atoms with Crippen LogP contribution < -0.4 is 9.47 Å². The number of hydrogen-bond donors (Lipinski definition) is 0. The van der Waals surface area contributed by atoms with Crippen molar-refractivity contribution in [2.45, 2.75) is 39.3 Å². The predicted molar refractivity (Wildman–Crippen MR) is 109 cm³/mol. The fraction of sp³-hybridized carbons (Fsp3) is 0.571. The molecule has 9 heteroatoms. The van der Waals surface area contributed by atoms with Crippen molar-refractivity contribution in [2.24, 2.45) is 0 Å². The van der Waals surface area contributed by atoms with Crippen LogP contribution in [0.2, 0.25) is 0 Å². The molecule has 1 heterocycles. The molecule has 0 N–H and O–H groups in total. The molecule has 0 aliphatic carbocycles. The van der Waals surface area contributed by atoms with E-state index in [1.54, 1.807) is 45.9 Å². The third kappa shape index (κ3) is 5.55. The topological polar surface area (TPSA) is 94.6 Å². The van der Waals surface area contributed by atoms with E-state index in [4.69, 9.17) is 18.9 Å². The molecule has 30 heavy (non-hydrogen) atoms. The highest BCUT2D eigenvalue weighted by Gasteiger charge is 2.39. The molecular weight excluding hydrogens is 392 g/mol. The van der Waals surface area contributed by atoms with Crippen LogP contribution in [0.3, 0.4) is 0 Å². The Hall–Kier alpha value is -2.97. The highest BCUT2D eigenvalue weighted by molar-refractivity contribution is 5.97. The SMILES string of the molecule is CCOC(=O)[C@@H]1CN(C(=O)OC(C)(C)C)CCN1C(=O)c1ccc(OC)c(OC)c1. The number of ether oxygens (including phenoxy) is 4. The molecule has 0 unspecified atom stereocenters. The van der Waals surface area contributed by atoms with Gasteiger partial charge in [-0.05, 0) is 45.9 Å². The molecule has 0 radical (unpaired) electrons. The maximum absolute atomic E-state index is 13.2. The molecule has 1 aliphatic rings. The third-order valence-corrected chi connectivity index (χ3v) is 4.48. The monoisotopic (exact) mass is 422 g/mol. The number of esters is 1. The molecule has 1 aliphatic heterocycles. The van der Waals surface area contributed by atoms with Gasteiger partial charge in [0.15, 0.2) is 11.5 Å². The molecule has 0 aromatic heterocycles. The van der Waals surface area contributed by atoms with E-state index in [1.807, 2.05) is 0 Å². The summed E-state index contributed by atoms with van der Waals surface area (Å²) in [5, 5.41) is 0. The van der Waals surface area contributed by atoms with Gasteiger partial charge in [-0.15, -0.1) is 0 Å². The normalized spacial score (nSPS) is 16.7. The average Bonchev–Trinajstić information content (AvgIpc) is 2.71. The van der Waals surface area contributed by atoms with E-state index in [2.05, 4.69) is 0 Å². The van der Waals surface area contributed by atoms with Crippen LogP contribution in [0, 0.1) is 0 Å². The molecule has 1 aromatic carbocycles. The predicted octanol–water partition coefficient (Wildman–Crippen LogP) is 2.33. The Kier molecular flexibility index (Phi) is 7.53. The number of carbonyl (C=O) groups excluding carboxylic acids is 3. The average molecular weight is 422 g/mol. The van der Waals surface area contributed by atoms with E-state index in [1.165, 1.54) is 24.0 Å². The minimum absolute atomic E-state index is 0.00717. The highest BCUT2D eigenvalue weighted by Crippen LogP contribution is 2.29. The summed E-state index contributed by atoms with van der Waals surface area (Å²) in [4.78, 5) is 41.1. The number of rotatable bonds is 5. The fourth-order valence-corrected chi connectivity index (χ4v) is 3.09. The van der Waals surface area contributed by atoms with Gasteiger partial charge in [-0.25, -0.2) is 9.59 Å². The van der Waals surface area contributed by atoms with Crippen LogP contribution in [0.5, 0.6) is 11.5 Å². The lowest BCUT2D eigenvalue weighted by Crippen LogP contribution is -2.60. The Morgan fingerprint density at radius 1 is 1.07 bits per heavy atom. The van der Waals surface area contributed by atoms with Crippen LogP contribution in [0.15, 0.2) is 18.2 Å². The van der Waals surface area contributed by atoms with Gasteiger partial charge in [-0.3, -0.25) is 4.79 Å². The van der Waals surface area contributed by atoms with E-state index < -0.39 is 23.7 Å². The van der Waals surface area contributed by atoms with Crippen molar-refractivity contribution in [1.29, 1.82) is 0 Å². The van der Waals surface area contributed by atoms with Crippen molar-refractivity contribution >= 4 is 18.0 Å². The Morgan fingerprint density at radius 2 is 1.73 bits per heavy atom. The van der Waals surface area contributed by atoms with Crippen molar-refractivity contribution in [3.63, 3.8) is 0 Å². The van der Waals surface area contributed by atoms with E-state index in [0.29, 0.717) is 17.1 Å². The first-order valence-corrected chi connectivity index (χ1v) is 9.78. The number of amides is 2. The molecular formula is C21H30N2O7. The van der Waals surface area contributed by atoms with Crippen LogP contribution in [-0.2, 0) is 14.3 Å². The van der Waals surface area contributed by atoms with Gasteiger partial charge < -0.3 is 28.7 Å². The van der Waals surface area contributed by atoms with Gasteiger partial charge in [0.1, 0.15) is 11.6 Å². The van der Waals surface area contributed by atoms with Gasteiger partial charge in [-0.1, -0.05) is 0 Å². The standard InChI is InChI=1S/C21H30N2O7/c1-7-29-19(25)15-13-22(20(26)30-21(2,3)4)10-11-23(15)18(24)14-8-9-16(27-5)17(12-14)28-6/h8-9,12,15H,7,10-11,13H2,1-6H3/t15-/m0/s1. The molecule has 1 aromatic rings. The summed E-state index contributed by atoms with van der Waals surface area (Å²) in [6.45, 7) is 7.55. The van der Waals surface area contributed by atoms with Crippen molar-refractivity contribution in [2.75, 3.05) is 40.5 Å². The number of piperazine rings is 1. The molecule has 2 amide bonds. The summed E-state index contributed by atoms with van der Waals surface area (Å²) in [6.07, 6.45) is -0.532. The minimum atomic E-state index is -0.938. The second kappa shape index (κ2) is 9.69. The number of methoxy groups -OCH3 is 2. The molecule has 2 rings (SSSR count). The Labute approximate surface area is 176 Å². The number of benzene rings is 1. The molecule has 166 valence electrons. The van der Waals surface area contributed by atoms with Crippen molar-refractivity contribution < 1.29 is 33.3 Å². The van der Waals surface area contributed by atoms with E-state index in [9.17, 15) is 14.4 Å². The third-order valence-electron chi connectivity index (χ3n) is 4.48. The highest BCUT2D eigenvalue weighted by atomic mass is 16.6. The first-order chi connectivity index (χ1) is 14.1. The summed E-state index contributed by atoms with van der Waals surface area (Å²) >= 11 is 0. The minimum Gasteiger partial charge on any atom is -0.493 e. The number of carbonyl (C=O) groups is 3. The van der Waals surface area contributed by atoms with Crippen LogP contribution >= 0.6 is 0 Å².